The summed E-state index contributed by atoms with van der Waals surface area (Å²) >= 11 is 3.86. The molecule has 6 aromatic carbocycles. The third-order valence-electron chi connectivity index (χ3n) is 6.11. The Kier molecular flexibility index (Phi) is 4.36. The third kappa shape index (κ3) is 3.13. The first-order valence-corrected chi connectivity index (χ1v) is 11.3. The maximum Gasteiger partial charge on any atom is 0.0260 e. The first-order valence-electron chi connectivity index (χ1n) is 10.5. The summed E-state index contributed by atoms with van der Waals surface area (Å²) in [7, 11) is 0. The van der Waals surface area contributed by atoms with Gasteiger partial charge in [-0.1, -0.05) is 113 Å². The standard InChI is InChI=1S/C30H19Br/c31-30-19-28-25-14-11-22(20-7-3-1-4-8-20)17-24(25)13-16-26(28)27-15-12-23(18-29(27)30)21-9-5-2-6-10-21/h1-19H. The number of rotatable bonds is 2. The fourth-order valence-corrected chi connectivity index (χ4v) is 5.10. The van der Waals surface area contributed by atoms with Gasteiger partial charge in [-0.3, -0.25) is 0 Å². The molecule has 0 heterocycles. The minimum atomic E-state index is 1.13. The van der Waals surface area contributed by atoms with Gasteiger partial charge in [0, 0.05) is 4.47 Å². The molecule has 31 heavy (non-hydrogen) atoms. The van der Waals surface area contributed by atoms with Crippen molar-refractivity contribution in [1.82, 2.24) is 0 Å². The van der Waals surface area contributed by atoms with Crippen LogP contribution in [-0.4, -0.2) is 0 Å². The topological polar surface area (TPSA) is 0 Å². The van der Waals surface area contributed by atoms with E-state index in [-0.39, 0.29) is 0 Å². The Morgan fingerprint density at radius 3 is 1.58 bits per heavy atom. The van der Waals surface area contributed by atoms with Crippen LogP contribution in [0, 0.1) is 0 Å². The van der Waals surface area contributed by atoms with Crippen LogP contribution in [0.1, 0.15) is 0 Å². The number of benzene rings is 6. The number of hydrogen-bond acceptors (Lipinski definition) is 0. The van der Waals surface area contributed by atoms with Gasteiger partial charge in [-0.2, -0.15) is 0 Å². The van der Waals surface area contributed by atoms with Crippen LogP contribution in [0.3, 0.4) is 0 Å². The van der Waals surface area contributed by atoms with Crippen LogP contribution in [0.5, 0.6) is 0 Å². The molecule has 146 valence electrons. The highest BCUT2D eigenvalue weighted by molar-refractivity contribution is 9.10. The highest BCUT2D eigenvalue weighted by atomic mass is 79.9. The highest BCUT2D eigenvalue weighted by Crippen LogP contribution is 2.38. The summed E-state index contributed by atoms with van der Waals surface area (Å²) in [5.74, 6) is 0. The second-order valence-corrected chi connectivity index (χ2v) is 8.80. The minimum Gasteiger partial charge on any atom is -0.0622 e. The van der Waals surface area contributed by atoms with Crippen molar-refractivity contribution < 1.29 is 0 Å². The van der Waals surface area contributed by atoms with Crippen molar-refractivity contribution in [2.45, 2.75) is 0 Å². The lowest BCUT2D eigenvalue weighted by atomic mass is 9.93. The van der Waals surface area contributed by atoms with E-state index < -0.39 is 0 Å². The van der Waals surface area contributed by atoms with Gasteiger partial charge in [0.25, 0.3) is 0 Å². The van der Waals surface area contributed by atoms with Gasteiger partial charge in [-0.05, 0) is 72.8 Å². The summed E-state index contributed by atoms with van der Waals surface area (Å²) in [6.07, 6.45) is 0. The Morgan fingerprint density at radius 1 is 0.355 bits per heavy atom. The number of hydrogen-bond donors (Lipinski definition) is 0. The zero-order valence-corrected chi connectivity index (χ0v) is 18.4. The zero-order chi connectivity index (χ0) is 20.8. The van der Waals surface area contributed by atoms with E-state index in [2.05, 4.69) is 131 Å². The Morgan fingerprint density at radius 2 is 0.903 bits per heavy atom. The van der Waals surface area contributed by atoms with Gasteiger partial charge in [0.2, 0.25) is 0 Å². The summed E-state index contributed by atoms with van der Waals surface area (Å²) in [6.45, 7) is 0. The first kappa shape index (κ1) is 18.4. The minimum absolute atomic E-state index is 1.13. The second kappa shape index (κ2) is 7.37. The van der Waals surface area contributed by atoms with Crippen molar-refractivity contribution >= 4 is 48.2 Å². The van der Waals surface area contributed by atoms with Crippen molar-refractivity contribution in [1.29, 1.82) is 0 Å². The Hall–Kier alpha value is -3.42. The molecule has 0 atom stereocenters. The van der Waals surface area contributed by atoms with E-state index in [1.54, 1.807) is 0 Å². The van der Waals surface area contributed by atoms with Crippen LogP contribution < -0.4 is 0 Å². The molecule has 0 unspecified atom stereocenters. The van der Waals surface area contributed by atoms with E-state index in [0.29, 0.717) is 0 Å². The van der Waals surface area contributed by atoms with Crippen molar-refractivity contribution in [2.24, 2.45) is 0 Å². The first-order chi connectivity index (χ1) is 15.3. The van der Waals surface area contributed by atoms with E-state index in [9.17, 15) is 0 Å². The van der Waals surface area contributed by atoms with Crippen LogP contribution in [0.25, 0.3) is 54.6 Å². The van der Waals surface area contributed by atoms with E-state index >= 15 is 0 Å². The average Bonchev–Trinajstić information content (AvgIpc) is 2.84. The molecule has 0 radical (unpaired) electrons. The van der Waals surface area contributed by atoms with Crippen LogP contribution in [-0.2, 0) is 0 Å². The van der Waals surface area contributed by atoms with Crippen molar-refractivity contribution in [3.63, 3.8) is 0 Å². The summed E-state index contributed by atoms with van der Waals surface area (Å²) < 4.78 is 1.13. The fraction of sp³-hybridized carbons (Fsp3) is 0. The monoisotopic (exact) mass is 458 g/mol. The molecule has 6 aromatic rings. The molecule has 0 fully saturated rings. The Labute approximate surface area is 189 Å². The molecular weight excluding hydrogens is 440 g/mol. The smallest absolute Gasteiger partial charge is 0.0260 e. The summed E-state index contributed by atoms with van der Waals surface area (Å²) in [4.78, 5) is 0. The van der Waals surface area contributed by atoms with Crippen LogP contribution in [0.4, 0.5) is 0 Å². The molecule has 0 aliphatic carbocycles. The Balaban J connectivity index is 1.57. The molecule has 0 aliphatic rings. The van der Waals surface area contributed by atoms with Gasteiger partial charge in [0.1, 0.15) is 0 Å². The van der Waals surface area contributed by atoms with Gasteiger partial charge in [-0.25, -0.2) is 0 Å². The molecule has 0 aromatic heterocycles. The summed E-state index contributed by atoms with van der Waals surface area (Å²) in [6, 6.07) is 41.5. The largest absolute Gasteiger partial charge is 0.0622 e. The summed E-state index contributed by atoms with van der Waals surface area (Å²) in [5.41, 5.74) is 4.97. The highest BCUT2D eigenvalue weighted by Gasteiger charge is 2.10. The van der Waals surface area contributed by atoms with Crippen molar-refractivity contribution in [3.05, 3.63) is 120 Å². The van der Waals surface area contributed by atoms with E-state index in [0.717, 1.165) is 4.47 Å². The molecule has 0 nitrogen and oxygen atoms in total. The lowest BCUT2D eigenvalue weighted by molar-refractivity contribution is 1.64. The van der Waals surface area contributed by atoms with Gasteiger partial charge in [-0.15, -0.1) is 0 Å². The molecule has 0 saturated carbocycles. The van der Waals surface area contributed by atoms with E-state index in [1.807, 2.05) is 0 Å². The SMILES string of the molecule is Brc1cc2c3ccc(-c4ccccc4)cc3ccc2c2ccc(-c3ccccc3)cc12. The Bertz CT molecular complexity index is 1570. The molecule has 1 heteroatoms. The maximum atomic E-state index is 3.86. The lowest BCUT2D eigenvalue weighted by Gasteiger charge is -2.12. The van der Waals surface area contributed by atoms with Crippen LogP contribution >= 0.6 is 15.9 Å². The molecule has 6 rings (SSSR count). The lowest BCUT2D eigenvalue weighted by Crippen LogP contribution is -1.85. The van der Waals surface area contributed by atoms with Crippen molar-refractivity contribution in [3.8, 4) is 22.3 Å². The molecule has 0 spiro atoms. The average molecular weight is 459 g/mol. The number of halogens is 1. The molecular formula is C30H19Br. The predicted molar refractivity (Wildman–Crippen MR) is 138 cm³/mol. The summed E-state index contributed by atoms with van der Waals surface area (Å²) in [5, 5.41) is 7.64. The molecule has 0 aliphatic heterocycles. The number of fused-ring (bicyclic) bond motifs is 5. The van der Waals surface area contributed by atoms with Gasteiger partial charge in [0.05, 0.1) is 0 Å². The normalized spacial score (nSPS) is 11.4. The van der Waals surface area contributed by atoms with Crippen LogP contribution in [0.2, 0.25) is 0 Å². The van der Waals surface area contributed by atoms with Gasteiger partial charge >= 0.3 is 0 Å². The zero-order valence-electron chi connectivity index (χ0n) is 16.8. The molecule has 0 saturated heterocycles. The van der Waals surface area contributed by atoms with Gasteiger partial charge in [0.15, 0.2) is 0 Å². The van der Waals surface area contributed by atoms with Crippen molar-refractivity contribution in [2.75, 3.05) is 0 Å². The third-order valence-corrected chi connectivity index (χ3v) is 6.77. The maximum absolute atomic E-state index is 3.86. The molecule has 0 bridgehead atoms. The molecule has 0 N–H and O–H groups in total. The van der Waals surface area contributed by atoms with E-state index in [4.69, 9.17) is 0 Å². The van der Waals surface area contributed by atoms with Crippen LogP contribution in [0.15, 0.2) is 120 Å². The quantitative estimate of drug-likeness (QED) is 0.226. The predicted octanol–water partition coefficient (Wildman–Crippen LogP) is 9.24. The fourth-order valence-electron chi connectivity index (χ4n) is 4.55. The molecule has 0 amide bonds. The van der Waals surface area contributed by atoms with Gasteiger partial charge < -0.3 is 0 Å². The van der Waals surface area contributed by atoms with E-state index in [1.165, 1.54) is 54.6 Å². The second-order valence-electron chi connectivity index (χ2n) is 7.95.